The molecule has 0 amide bonds. The van der Waals surface area contributed by atoms with Crippen molar-refractivity contribution in [3.63, 3.8) is 0 Å². The van der Waals surface area contributed by atoms with E-state index in [2.05, 4.69) is 38.2 Å². The molecule has 0 aliphatic rings. The van der Waals surface area contributed by atoms with Crippen molar-refractivity contribution < 1.29 is 4.74 Å². The van der Waals surface area contributed by atoms with Crippen molar-refractivity contribution in [1.82, 2.24) is 5.32 Å². The lowest BCUT2D eigenvalue weighted by molar-refractivity contribution is 0.414. The van der Waals surface area contributed by atoms with Gasteiger partial charge in [-0.15, -0.1) is 0 Å². The van der Waals surface area contributed by atoms with Gasteiger partial charge in [-0.05, 0) is 49.4 Å². The van der Waals surface area contributed by atoms with Crippen LogP contribution >= 0.6 is 0 Å². The highest BCUT2D eigenvalue weighted by atomic mass is 16.5. The highest BCUT2D eigenvalue weighted by Gasteiger charge is 2.03. The Morgan fingerprint density at radius 3 is 2.28 bits per heavy atom. The van der Waals surface area contributed by atoms with E-state index in [4.69, 9.17) is 4.74 Å². The average Bonchev–Trinajstić information content (AvgIpc) is 2.36. The smallest absolute Gasteiger partial charge is 0.118 e. The van der Waals surface area contributed by atoms with Gasteiger partial charge in [-0.2, -0.15) is 0 Å². The summed E-state index contributed by atoms with van der Waals surface area (Å²) < 4.78 is 5.16. The Bertz CT molecular complexity index is 318. The SMILES string of the molecule is COc1ccc(CCC(C)CCNC(C)C)cc1. The molecule has 0 aromatic heterocycles. The molecule has 0 radical (unpaired) electrons. The molecular weight excluding hydrogens is 222 g/mol. The molecule has 0 heterocycles. The first-order chi connectivity index (χ1) is 8.61. The first-order valence-corrected chi connectivity index (χ1v) is 6.98. The molecule has 0 bridgehead atoms. The molecule has 1 unspecified atom stereocenters. The summed E-state index contributed by atoms with van der Waals surface area (Å²) in [6, 6.07) is 9.01. The summed E-state index contributed by atoms with van der Waals surface area (Å²) in [7, 11) is 1.71. The van der Waals surface area contributed by atoms with Crippen molar-refractivity contribution in [3.05, 3.63) is 29.8 Å². The Hall–Kier alpha value is -1.02. The monoisotopic (exact) mass is 249 g/mol. The van der Waals surface area contributed by atoms with E-state index in [1.165, 1.54) is 18.4 Å². The Morgan fingerprint density at radius 1 is 1.06 bits per heavy atom. The number of nitrogens with one attached hydrogen (secondary N) is 1. The maximum atomic E-state index is 5.16. The van der Waals surface area contributed by atoms with Gasteiger partial charge in [-0.1, -0.05) is 32.9 Å². The van der Waals surface area contributed by atoms with Crippen LogP contribution in [0.5, 0.6) is 5.75 Å². The lowest BCUT2D eigenvalue weighted by Gasteiger charge is -2.13. The fraction of sp³-hybridized carbons (Fsp3) is 0.625. The summed E-state index contributed by atoms with van der Waals surface area (Å²) in [6.45, 7) is 7.86. The first kappa shape index (κ1) is 15.0. The molecule has 1 aromatic carbocycles. The van der Waals surface area contributed by atoms with Gasteiger partial charge in [0.05, 0.1) is 7.11 Å². The number of hydrogen-bond donors (Lipinski definition) is 1. The molecule has 102 valence electrons. The van der Waals surface area contributed by atoms with Crippen molar-refractivity contribution in [1.29, 1.82) is 0 Å². The number of benzene rings is 1. The molecule has 0 aliphatic heterocycles. The van der Waals surface area contributed by atoms with Crippen molar-refractivity contribution in [2.75, 3.05) is 13.7 Å². The minimum atomic E-state index is 0.596. The van der Waals surface area contributed by atoms with Gasteiger partial charge in [0.15, 0.2) is 0 Å². The molecule has 0 fully saturated rings. The third-order valence-electron chi connectivity index (χ3n) is 3.27. The number of ether oxygens (including phenoxy) is 1. The lowest BCUT2D eigenvalue weighted by Crippen LogP contribution is -2.24. The Morgan fingerprint density at radius 2 is 1.72 bits per heavy atom. The van der Waals surface area contributed by atoms with Crippen LogP contribution in [0.1, 0.15) is 39.2 Å². The van der Waals surface area contributed by atoms with E-state index < -0.39 is 0 Å². The summed E-state index contributed by atoms with van der Waals surface area (Å²) in [4.78, 5) is 0. The van der Waals surface area contributed by atoms with E-state index in [-0.39, 0.29) is 0 Å². The minimum absolute atomic E-state index is 0.596. The van der Waals surface area contributed by atoms with E-state index in [1.807, 2.05) is 12.1 Å². The van der Waals surface area contributed by atoms with Crippen LogP contribution in [-0.2, 0) is 6.42 Å². The Balaban J connectivity index is 2.22. The van der Waals surface area contributed by atoms with Crippen molar-refractivity contribution in [2.45, 2.75) is 46.1 Å². The van der Waals surface area contributed by atoms with Gasteiger partial charge in [-0.25, -0.2) is 0 Å². The van der Waals surface area contributed by atoms with Gasteiger partial charge in [0.1, 0.15) is 5.75 Å². The normalized spacial score (nSPS) is 12.7. The molecule has 1 rings (SSSR count). The van der Waals surface area contributed by atoms with Gasteiger partial charge in [0.25, 0.3) is 0 Å². The second-order valence-electron chi connectivity index (χ2n) is 5.39. The molecule has 1 N–H and O–H groups in total. The van der Waals surface area contributed by atoms with E-state index >= 15 is 0 Å². The summed E-state index contributed by atoms with van der Waals surface area (Å²) in [5.74, 6) is 1.71. The summed E-state index contributed by atoms with van der Waals surface area (Å²) >= 11 is 0. The third kappa shape index (κ3) is 6.06. The van der Waals surface area contributed by atoms with E-state index in [1.54, 1.807) is 7.11 Å². The molecule has 1 atom stereocenters. The fourth-order valence-electron chi connectivity index (χ4n) is 1.97. The van der Waals surface area contributed by atoms with E-state index in [0.29, 0.717) is 6.04 Å². The number of rotatable bonds is 8. The van der Waals surface area contributed by atoms with Crippen LogP contribution in [0.3, 0.4) is 0 Å². The summed E-state index contributed by atoms with van der Waals surface area (Å²) in [5, 5.41) is 3.47. The zero-order valence-corrected chi connectivity index (χ0v) is 12.2. The minimum Gasteiger partial charge on any atom is -0.497 e. The van der Waals surface area contributed by atoms with Gasteiger partial charge < -0.3 is 10.1 Å². The molecule has 0 saturated carbocycles. The van der Waals surface area contributed by atoms with Gasteiger partial charge in [-0.3, -0.25) is 0 Å². The Kier molecular flexibility index (Phi) is 6.81. The van der Waals surface area contributed by atoms with Crippen molar-refractivity contribution in [2.24, 2.45) is 5.92 Å². The molecule has 18 heavy (non-hydrogen) atoms. The molecule has 2 heteroatoms. The van der Waals surface area contributed by atoms with E-state index in [9.17, 15) is 0 Å². The number of hydrogen-bond acceptors (Lipinski definition) is 2. The van der Waals surface area contributed by atoms with Gasteiger partial charge >= 0.3 is 0 Å². The standard InChI is InChI=1S/C16H27NO/c1-13(2)17-12-11-14(3)5-6-15-7-9-16(18-4)10-8-15/h7-10,13-14,17H,5-6,11-12H2,1-4H3. The highest BCUT2D eigenvalue weighted by Crippen LogP contribution is 2.16. The second-order valence-corrected chi connectivity index (χ2v) is 5.39. The van der Waals surface area contributed by atoms with Crippen molar-refractivity contribution in [3.8, 4) is 5.75 Å². The quantitative estimate of drug-likeness (QED) is 0.759. The predicted octanol–water partition coefficient (Wildman–Crippen LogP) is 3.65. The van der Waals surface area contributed by atoms with Crippen LogP contribution in [-0.4, -0.2) is 19.7 Å². The van der Waals surface area contributed by atoms with Crippen LogP contribution in [0, 0.1) is 5.92 Å². The average molecular weight is 249 g/mol. The largest absolute Gasteiger partial charge is 0.497 e. The highest BCUT2D eigenvalue weighted by molar-refractivity contribution is 5.27. The molecular formula is C16H27NO. The molecule has 2 nitrogen and oxygen atoms in total. The Labute approximate surface area is 112 Å². The number of aryl methyl sites for hydroxylation is 1. The lowest BCUT2D eigenvalue weighted by atomic mass is 9.98. The summed E-state index contributed by atoms with van der Waals surface area (Å²) in [5.41, 5.74) is 1.40. The van der Waals surface area contributed by atoms with Gasteiger partial charge in [0.2, 0.25) is 0 Å². The summed E-state index contributed by atoms with van der Waals surface area (Å²) in [6.07, 6.45) is 3.67. The van der Waals surface area contributed by atoms with Crippen LogP contribution in [0.2, 0.25) is 0 Å². The maximum absolute atomic E-state index is 5.16. The third-order valence-corrected chi connectivity index (χ3v) is 3.27. The topological polar surface area (TPSA) is 21.3 Å². The molecule has 0 spiro atoms. The number of methoxy groups -OCH3 is 1. The molecule has 0 aliphatic carbocycles. The van der Waals surface area contributed by atoms with Crippen molar-refractivity contribution >= 4 is 0 Å². The first-order valence-electron chi connectivity index (χ1n) is 6.98. The van der Waals surface area contributed by atoms with Crippen LogP contribution in [0.4, 0.5) is 0 Å². The zero-order chi connectivity index (χ0) is 13.4. The molecule has 1 aromatic rings. The van der Waals surface area contributed by atoms with Gasteiger partial charge in [0, 0.05) is 6.04 Å². The maximum Gasteiger partial charge on any atom is 0.118 e. The predicted molar refractivity (Wildman–Crippen MR) is 78.2 cm³/mol. The van der Waals surface area contributed by atoms with Crippen LogP contribution in [0.25, 0.3) is 0 Å². The fourth-order valence-corrected chi connectivity index (χ4v) is 1.97. The zero-order valence-electron chi connectivity index (χ0n) is 12.2. The van der Waals surface area contributed by atoms with Crippen LogP contribution < -0.4 is 10.1 Å². The molecule has 0 saturated heterocycles. The van der Waals surface area contributed by atoms with Crippen LogP contribution in [0.15, 0.2) is 24.3 Å². The second kappa shape index (κ2) is 8.15. The van der Waals surface area contributed by atoms with E-state index in [0.717, 1.165) is 24.6 Å².